The van der Waals surface area contributed by atoms with Crippen LogP contribution in [0.5, 0.6) is 0 Å². The normalized spacial score (nSPS) is 11.9. The van der Waals surface area contributed by atoms with Gasteiger partial charge in [0, 0.05) is 22.2 Å². The van der Waals surface area contributed by atoms with Crippen molar-refractivity contribution in [2.75, 3.05) is 6.61 Å². The van der Waals surface area contributed by atoms with Crippen molar-refractivity contribution in [1.82, 2.24) is 4.98 Å². The van der Waals surface area contributed by atoms with Gasteiger partial charge in [0.1, 0.15) is 5.01 Å². The number of ketones is 1. The van der Waals surface area contributed by atoms with E-state index in [-0.39, 0.29) is 0 Å². The Balaban J connectivity index is 1.89. The fourth-order valence-electron chi connectivity index (χ4n) is 1.78. The van der Waals surface area contributed by atoms with Gasteiger partial charge in [0.25, 0.3) is 0 Å². The lowest BCUT2D eigenvalue weighted by atomic mass is 10.1. The van der Waals surface area contributed by atoms with Gasteiger partial charge in [0.15, 0.2) is 18.3 Å². The second-order valence-electron chi connectivity index (χ2n) is 4.85. The third-order valence-electron chi connectivity index (χ3n) is 2.97. The highest BCUT2D eigenvalue weighted by Gasteiger charge is 2.24. The van der Waals surface area contributed by atoms with E-state index >= 15 is 0 Å². The summed E-state index contributed by atoms with van der Waals surface area (Å²) in [4.78, 5) is 27.8. The smallest absolute Gasteiger partial charge is 0.331 e. The zero-order valence-corrected chi connectivity index (χ0v) is 14.3. The molecule has 0 radical (unpaired) electrons. The Hall–Kier alpha value is -2.49. The number of nitrogens with zero attached hydrogens (tertiary/aromatic N) is 2. The average molecular weight is 361 g/mol. The minimum atomic E-state index is -1.02. The first kappa shape index (κ1) is 17.9. The van der Waals surface area contributed by atoms with Gasteiger partial charge in [-0.1, -0.05) is 23.7 Å². The standard InChI is InChI=1S/C17H13ClN2O3S/c1-11-10-24-17(20-11)14(8-19)15(21)9-23-16(22)7-4-12-2-5-13(18)6-3-12/h2-7,10,14H,9H2,1H3/b7-4+/t14-/m1/s1. The van der Waals surface area contributed by atoms with Crippen molar-refractivity contribution in [2.45, 2.75) is 12.8 Å². The molecule has 122 valence electrons. The van der Waals surface area contributed by atoms with Crippen molar-refractivity contribution in [3.63, 3.8) is 0 Å². The number of aromatic nitrogens is 1. The van der Waals surface area contributed by atoms with Crippen molar-refractivity contribution in [1.29, 1.82) is 5.26 Å². The van der Waals surface area contributed by atoms with Crippen LogP contribution >= 0.6 is 22.9 Å². The van der Waals surface area contributed by atoms with E-state index in [1.807, 2.05) is 6.07 Å². The number of nitriles is 1. The van der Waals surface area contributed by atoms with Crippen LogP contribution in [0.25, 0.3) is 6.08 Å². The number of hydrogen-bond donors (Lipinski definition) is 0. The Morgan fingerprint density at radius 1 is 1.42 bits per heavy atom. The second kappa shape index (κ2) is 8.39. The zero-order valence-electron chi connectivity index (χ0n) is 12.7. The highest BCUT2D eigenvalue weighted by molar-refractivity contribution is 7.09. The quantitative estimate of drug-likeness (QED) is 0.581. The van der Waals surface area contributed by atoms with Gasteiger partial charge in [-0.15, -0.1) is 11.3 Å². The lowest BCUT2D eigenvalue weighted by Crippen LogP contribution is -2.19. The summed E-state index contributed by atoms with van der Waals surface area (Å²) in [5.41, 5.74) is 1.52. The molecule has 0 saturated carbocycles. The zero-order chi connectivity index (χ0) is 17.5. The maximum absolute atomic E-state index is 12.0. The molecule has 7 heteroatoms. The summed E-state index contributed by atoms with van der Waals surface area (Å²) >= 11 is 7.00. The summed E-state index contributed by atoms with van der Waals surface area (Å²) in [6.45, 7) is 1.31. The van der Waals surface area contributed by atoms with Gasteiger partial charge in [-0.25, -0.2) is 9.78 Å². The van der Waals surface area contributed by atoms with Crippen molar-refractivity contribution in [3.8, 4) is 6.07 Å². The fraction of sp³-hybridized carbons (Fsp3) is 0.176. The molecule has 0 unspecified atom stereocenters. The molecular formula is C17H13ClN2O3S. The minimum absolute atomic E-state index is 0.410. The summed E-state index contributed by atoms with van der Waals surface area (Å²) in [7, 11) is 0. The summed E-state index contributed by atoms with van der Waals surface area (Å²) in [6.07, 6.45) is 2.76. The molecule has 5 nitrogen and oxygen atoms in total. The lowest BCUT2D eigenvalue weighted by molar-refractivity contribution is -0.143. The molecular weight excluding hydrogens is 348 g/mol. The van der Waals surface area contributed by atoms with Crippen molar-refractivity contribution >= 4 is 40.8 Å². The number of thiazole rings is 1. The molecule has 1 atom stereocenters. The lowest BCUT2D eigenvalue weighted by Gasteiger charge is -2.05. The van der Waals surface area contributed by atoms with E-state index in [1.165, 1.54) is 17.4 Å². The number of carbonyl (C=O) groups is 2. The van der Waals surface area contributed by atoms with E-state index in [0.717, 1.165) is 11.3 Å². The molecule has 0 aliphatic heterocycles. The van der Waals surface area contributed by atoms with E-state index in [0.29, 0.717) is 10.0 Å². The van der Waals surface area contributed by atoms with Gasteiger partial charge >= 0.3 is 5.97 Å². The van der Waals surface area contributed by atoms with Crippen LogP contribution in [0.2, 0.25) is 5.02 Å². The number of hydrogen-bond acceptors (Lipinski definition) is 6. The maximum Gasteiger partial charge on any atom is 0.331 e. The van der Waals surface area contributed by atoms with Crippen LogP contribution in [-0.4, -0.2) is 23.3 Å². The van der Waals surface area contributed by atoms with Gasteiger partial charge in [-0.2, -0.15) is 5.26 Å². The van der Waals surface area contributed by atoms with Crippen molar-refractivity contribution in [2.24, 2.45) is 0 Å². The molecule has 0 N–H and O–H groups in total. The number of aryl methyl sites for hydroxylation is 1. The van der Waals surface area contributed by atoms with Crippen molar-refractivity contribution < 1.29 is 14.3 Å². The highest BCUT2D eigenvalue weighted by atomic mass is 35.5. The molecule has 1 aromatic heterocycles. The van der Waals surface area contributed by atoms with E-state index in [4.69, 9.17) is 21.6 Å². The minimum Gasteiger partial charge on any atom is -0.454 e. The largest absolute Gasteiger partial charge is 0.454 e. The molecule has 0 spiro atoms. The average Bonchev–Trinajstić information content (AvgIpc) is 2.99. The molecule has 0 amide bonds. The monoisotopic (exact) mass is 360 g/mol. The van der Waals surface area contributed by atoms with E-state index in [2.05, 4.69) is 4.98 Å². The highest BCUT2D eigenvalue weighted by Crippen LogP contribution is 2.20. The Kier molecular flexibility index (Phi) is 6.24. The molecule has 24 heavy (non-hydrogen) atoms. The Bertz CT molecular complexity index is 806. The number of carbonyl (C=O) groups excluding carboxylic acids is 2. The predicted molar refractivity (Wildman–Crippen MR) is 91.7 cm³/mol. The Labute approximate surface area is 148 Å². The molecule has 0 fully saturated rings. The van der Waals surface area contributed by atoms with Crippen LogP contribution in [0, 0.1) is 18.3 Å². The number of halogens is 1. The summed E-state index contributed by atoms with van der Waals surface area (Å²) in [5, 5.41) is 11.9. The van der Waals surface area contributed by atoms with Crippen LogP contribution < -0.4 is 0 Å². The van der Waals surface area contributed by atoms with E-state index < -0.39 is 24.3 Å². The van der Waals surface area contributed by atoms with E-state index in [9.17, 15) is 9.59 Å². The molecule has 0 saturated heterocycles. The molecule has 1 heterocycles. The van der Waals surface area contributed by atoms with Crippen LogP contribution in [0.1, 0.15) is 22.2 Å². The van der Waals surface area contributed by atoms with Gasteiger partial charge in [0.05, 0.1) is 6.07 Å². The van der Waals surface area contributed by atoms with Gasteiger partial charge in [-0.05, 0) is 30.7 Å². The summed E-state index contributed by atoms with van der Waals surface area (Å²) in [6, 6.07) is 8.78. The number of Topliss-reactive ketones (excluding diaryl/α,β-unsaturated/α-hetero) is 1. The van der Waals surface area contributed by atoms with Gasteiger partial charge in [-0.3, -0.25) is 4.79 Å². The first-order chi connectivity index (χ1) is 11.5. The molecule has 0 aliphatic rings. The van der Waals surface area contributed by atoms with Crippen LogP contribution in [0.4, 0.5) is 0 Å². The molecule has 1 aromatic carbocycles. The SMILES string of the molecule is Cc1csc([C@H](C#N)C(=O)COC(=O)/C=C/c2ccc(Cl)cc2)n1. The first-order valence-corrected chi connectivity index (χ1v) is 8.20. The van der Waals surface area contributed by atoms with Crippen LogP contribution in [0.15, 0.2) is 35.7 Å². The van der Waals surface area contributed by atoms with E-state index in [1.54, 1.807) is 42.6 Å². The molecule has 0 aliphatic carbocycles. The third kappa shape index (κ3) is 5.01. The fourth-order valence-corrected chi connectivity index (χ4v) is 2.77. The number of esters is 1. The number of ether oxygens (including phenoxy) is 1. The molecule has 2 aromatic rings. The summed E-state index contributed by atoms with van der Waals surface area (Å²) < 4.78 is 4.88. The third-order valence-corrected chi connectivity index (χ3v) is 4.25. The van der Waals surface area contributed by atoms with Crippen LogP contribution in [0.3, 0.4) is 0 Å². The van der Waals surface area contributed by atoms with Crippen LogP contribution in [-0.2, 0) is 14.3 Å². The second-order valence-corrected chi connectivity index (χ2v) is 6.17. The number of benzene rings is 1. The Morgan fingerprint density at radius 2 is 2.12 bits per heavy atom. The Morgan fingerprint density at radius 3 is 2.71 bits per heavy atom. The summed E-state index contributed by atoms with van der Waals surface area (Å²) in [5.74, 6) is -2.18. The molecule has 0 bridgehead atoms. The first-order valence-electron chi connectivity index (χ1n) is 6.94. The topological polar surface area (TPSA) is 80.0 Å². The maximum atomic E-state index is 12.0. The molecule has 2 rings (SSSR count). The van der Waals surface area contributed by atoms with Gasteiger partial charge < -0.3 is 4.74 Å². The number of rotatable bonds is 6. The van der Waals surface area contributed by atoms with Gasteiger partial charge in [0.2, 0.25) is 0 Å². The van der Waals surface area contributed by atoms with Crippen molar-refractivity contribution in [3.05, 3.63) is 57.0 Å². The predicted octanol–water partition coefficient (Wildman–Crippen LogP) is 3.54.